The second-order valence-corrected chi connectivity index (χ2v) is 5.80. The van der Waals surface area contributed by atoms with E-state index in [9.17, 15) is 0 Å². The molecule has 1 nitrogen and oxygen atoms in total. The van der Waals surface area contributed by atoms with E-state index in [1.54, 1.807) is 22.7 Å². The largest absolute Gasteiger partial charge is 0.479 e. The summed E-state index contributed by atoms with van der Waals surface area (Å²) in [6, 6.07) is 18.4. The van der Waals surface area contributed by atoms with Crippen LogP contribution in [0.3, 0.4) is 0 Å². The Morgan fingerprint density at radius 2 is 1.33 bits per heavy atom. The predicted molar refractivity (Wildman–Crippen MR) is 77.6 cm³/mol. The van der Waals surface area contributed by atoms with Crippen molar-refractivity contribution in [3.05, 3.63) is 75.1 Å². The number of rotatable bonds is 4. The average molecular weight is 272 g/mol. The highest BCUT2D eigenvalue weighted by Gasteiger charge is 2.17. The van der Waals surface area contributed by atoms with Crippen molar-refractivity contribution in [1.29, 1.82) is 0 Å². The lowest BCUT2D eigenvalue weighted by molar-refractivity contribution is 0.255. The van der Waals surface area contributed by atoms with Gasteiger partial charge in [0.25, 0.3) is 0 Å². The molecule has 0 amide bonds. The highest BCUT2D eigenvalue weighted by molar-refractivity contribution is 7.11. The molecule has 0 spiro atoms. The van der Waals surface area contributed by atoms with E-state index >= 15 is 0 Å². The van der Waals surface area contributed by atoms with Gasteiger partial charge in [0.1, 0.15) is 5.75 Å². The van der Waals surface area contributed by atoms with E-state index in [-0.39, 0.29) is 6.10 Å². The third-order valence-electron chi connectivity index (χ3n) is 2.60. The van der Waals surface area contributed by atoms with Crippen molar-refractivity contribution in [1.82, 2.24) is 0 Å². The van der Waals surface area contributed by atoms with Crippen molar-refractivity contribution in [2.45, 2.75) is 6.10 Å². The van der Waals surface area contributed by atoms with Gasteiger partial charge in [0.2, 0.25) is 0 Å². The van der Waals surface area contributed by atoms with Crippen LogP contribution in [-0.2, 0) is 0 Å². The van der Waals surface area contributed by atoms with Gasteiger partial charge < -0.3 is 4.74 Å². The van der Waals surface area contributed by atoms with E-state index in [0.29, 0.717) is 0 Å². The Hall–Kier alpha value is -1.58. The van der Waals surface area contributed by atoms with Gasteiger partial charge in [-0.05, 0) is 35.0 Å². The summed E-state index contributed by atoms with van der Waals surface area (Å²) < 4.78 is 6.12. The van der Waals surface area contributed by atoms with Crippen LogP contribution in [0, 0.1) is 0 Å². The first-order valence-corrected chi connectivity index (χ1v) is 7.48. The molecule has 0 saturated heterocycles. The molecule has 1 aromatic carbocycles. The van der Waals surface area contributed by atoms with E-state index in [2.05, 4.69) is 35.0 Å². The minimum Gasteiger partial charge on any atom is -0.479 e. The van der Waals surface area contributed by atoms with Crippen molar-refractivity contribution >= 4 is 22.7 Å². The van der Waals surface area contributed by atoms with Gasteiger partial charge in [0.15, 0.2) is 6.10 Å². The summed E-state index contributed by atoms with van der Waals surface area (Å²) in [5.41, 5.74) is 0. The first-order valence-electron chi connectivity index (χ1n) is 5.72. The molecule has 0 fully saturated rings. The number of para-hydroxylation sites is 1. The molecule has 3 aromatic rings. The van der Waals surface area contributed by atoms with E-state index < -0.39 is 0 Å². The molecular weight excluding hydrogens is 260 g/mol. The maximum absolute atomic E-state index is 6.12. The van der Waals surface area contributed by atoms with E-state index in [0.717, 1.165) is 5.75 Å². The Labute approximate surface area is 114 Å². The predicted octanol–water partition coefficient (Wildman–Crippen LogP) is 4.98. The van der Waals surface area contributed by atoms with Crippen LogP contribution >= 0.6 is 22.7 Å². The first kappa shape index (κ1) is 11.5. The number of ether oxygens (including phenoxy) is 1. The third-order valence-corrected chi connectivity index (χ3v) is 4.43. The summed E-state index contributed by atoms with van der Waals surface area (Å²) in [5.74, 6) is 0.907. The molecule has 18 heavy (non-hydrogen) atoms. The monoisotopic (exact) mass is 272 g/mol. The van der Waals surface area contributed by atoms with Crippen molar-refractivity contribution in [3.8, 4) is 5.75 Å². The molecule has 3 rings (SSSR count). The highest BCUT2D eigenvalue weighted by Crippen LogP contribution is 2.33. The highest BCUT2D eigenvalue weighted by atomic mass is 32.1. The number of benzene rings is 1. The molecule has 0 unspecified atom stereocenters. The summed E-state index contributed by atoms with van der Waals surface area (Å²) >= 11 is 3.46. The molecule has 3 heteroatoms. The van der Waals surface area contributed by atoms with Crippen molar-refractivity contribution < 1.29 is 4.74 Å². The van der Waals surface area contributed by atoms with Crippen LogP contribution < -0.4 is 4.74 Å². The lowest BCUT2D eigenvalue weighted by Crippen LogP contribution is -2.05. The second-order valence-electron chi connectivity index (χ2n) is 3.84. The van der Waals surface area contributed by atoms with Gasteiger partial charge in [-0.1, -0.05) is 30.3 Å². The van der Waals surface area contributed by atoms with Crippen LogP contribution in [-0.4, -0.2) is 0 Å². The lowest BCUT2D eigenvalue weighted by atomic mass is 10.2. The molecule has 0 aliphatic carbocycles. The van der Waals surface area contributed by atoms with Crippen LogP contribution in [0.5, 0.6) is 5.75 Å². The van der Waals surface area contributed by atoms with E-state index in [4.69, 9.17) is 4.74 Å². The number of hydrogen-bond acceptors (Lipinski definition) is 3. The zero-order valence-electron chi connectivity index (χ0n) is 9.65. The maximum Gasteiger partial charge on any atom is 0.167 e. The fraction of sp³-hybridized carbons (Fsp3) is 0.0667. The summed E-state index contributed by atoms with van der Waals surface area (Å²) in [6.07, 6.45) is 0.00685. The molecule has 0 radical (unpaired) electrons. The average Bonchev–Trinajstić information content (AvgIpc) is 3.11. The Balaban J connectivity index is 1.92. The standard InChI is InChI=1S/C15H12OS2/c1-2-6-12(7-3-1)16-15(13-8-4-10-17-13)14-9-5-11-18-14/h1-11,15H. The Morgan fingerprint density at radius 3 is 1.83 bits per heavy atom. The van der Waals surface area contributed by atoms with Crippen molar-refractivity contribution in [2.75, 3.05) is 0 Å². The van der Waals surface area contributed by atoms with Crippen LogP contribution in [0.4, 0.5) is 0 Å². The van der Waals surface area contributed by atoms with Crippen molar-refractivity contribution in [2.24, 2.45) is 0 Å². The molecular formula is C15H12OS2. The molecule has 0 aliphatic rings. The van der Waals surface area contributed by atoms with Crippen molar-refractivity contribution in [3.63, 3.8) is 0 Å². The fourth-order valence-electron chi connectivity index (χ4n) is 1.77. The topological polar surface area (TPSA) is 9.23 Å². The third kappa shape index (κ3) is 2.47. The van der Waals surface area contributed by atoms with Crippen LogP contribution in [0.2, 0.25) is 0 Å². The van der Waals surface area contributed by atoms with Crippen LogP contribution in [0.15, 0.2) is 65.4 Å². The zero-order chi connectivity index (χ0) is 12.2. The molecule has 90 valence electrons. The van der Waals surface area contributed by atoms with E-state index in [1.165, 1.54) is 9.75 Å². The second kappa shape index (κ2) is 5.38. The lowest BCUT2D eigenvalue weighted by Gasteiger charge is -2.16. The smallest absolute Gasteiger partial charge is 0.167 e. The normalized spacial score (nSPS) is 10.7. The van der Waals surface area contributed by atoms with Crippen LogP contribution in [0.25, 0.3) is 0 Å². The first-order chi connectivity index (χ1) is 8.93. The number of thiophene rings is 2. The minimum atomic E-state index is 0.00685. The zero-order valence-corrected chi connectivity index (χ0v) is 11.3. The van der Waals surface area contributed by atoms with Gasteiger partial charge in [-0.3, -0.25) is 0 Å². The molecule has 2 aromatic heterocycles. The summed E-state index contributed by atoms with van der Waals surface area (Å²) in [5, 5.41) is 4.18. The van der Waals surface area contributed by atoms with Gasteiger partial charge in [0.05, 0.1) is 9.75 Å². The quantitative estimate of drug-likeness (QED) is 0.651. The molecule has 2 heterocycles. The fourth-order valence-corrected chi connectivity index (χ4v) is 3.39. The van der Waals surface area contributed by atoms with Gasteiger partial charge in [-0.2, -0.15) is 0 Å². The minimum absolute atomic E-state index is 0.00685. The molecule has 0 N–H and O–H groups in total. The summed E-state index contributed by atoms with van der Waals surface area (Å²) in [6.45, 7) is 0. The summed E-state index contributed by atoms with van der Waals surface area (Å²) in [4.78, 5) is 2.47. The van der Waals surface area contributed by atoms with Gasteiger partial charge >= 0.3 is 0 Å². The molecule has 0 atom stereocenters. The Morgan fingerprint density at radius 1 is 0.722 bits per heavy atom. The Bertz CT molecular complexity index is 536. The molecule has 0 saturated carbocycles. The molecule has 0 bridgehead atoms. The SMILES string of the molecule is c1ccc(OC(c2cccs2)c2cccs2)cc1. The van der Waals surface area contributed by atoms with Gasteiger partial charge in [-0.25, -0.2) is 0 Å². The summed E-state index contributed by atoms with van der Waals surface area (Å²) in [7, 11) is 0. The molecule has 0 aliphatic heterocycles. The van der Waals surface area contributed by atoms with Gasteiger partial charge in [0, 0.05) is 0 Å². The van der Waals surface area contributed by atoms with Gasteiger partial charge in [-0.15, -0.1) is 22.7 Å². The van der Waals surface area contributed by atoms with Crippen LogP contribution in [0.1, 0.15) is 15.9 Å². The maximum atomic E-state index is 6.12. The Kier molecular flexibility index (Phi) is 3.44. The number of hydrogen-bond donors (Lipinski definition) is 0. The van der Waals surface area contributed by atoms with E-state index in [1.807, 2.05) is 30.3 Å².